The molecule has 0 aromatic carbocycles. The summed E-state index contributed by atoms with van der Waals surface area (Å²) in [7, 11) is 0. The van der Waals surface area contributed by atoms with Crippen LogP contribution in [0.4, 0.5) is 13.2 Å². The monoisotopic (exact) mass is 462 g/mol. The minimum absolute atomic E-state index is 0.120. The van der Waals surface area contributed by atoms with E-state index in [1.165, 1.54) is 0 Å². The average molecular weight is 463 g/mol. The highest BCUT2D eigenvalue weighted by Crippen LogP contribution is 2.35. The number of carbonyl (C=O) groups is 1. The van der Waals surface area contributed by atoms with Crippen molar-refractivity contribution in [3.05, 3.63) is 24.3 Å². The fraction of sp³-hybridized carbons (Fsp3) is 0.609. The fourth-order valence-electron chi connectivity index (χ4n) is 5.12. The Morgan fingerprint density at radius 2 is 1.97 bits per heavy atom. The summed E-state index contributed by atoms with van der Waals surface area (Å²) in [6.45, 7) is -0.428. The van der Waals surface area contributed by atoms with Crippen LogP contribution in [0.5, 0.6) is 0 Å². The second-order valence-electron chi connectivity index (χ2n) is 9.30. The van der Waals surface area contributed by atoms with Crippen molar-refractivity contribution in [1.29, 1.82) is 0 Å². The van der Waals surface area contributed by atoms with Gasteiger partial charge in [0.1, 0.15) is 17.0 Å². The normalized spacial score (nSPS) is 22.0. The Morgan fingerprint density at radius 1 is 1.18 bits per heavy atom. The number of hydrogen-bond donors (Lipinski definition) is 3. The highest BCUT2D eigenvalue weighted by atomic mass is 19.4. The van der Waals surface area contributed by atoms with E-state index in [4.69, 9.17) is 4.98 Å². The van der Waals surface area contributed by atoms with E-state index in [0.29, 0.717) is 25.8 Å². The van der Waals surface area contributed by atoms with Crippen LogP contribution in [0.15, 0.2) is 18.5 Å². The maximum atomic E-state index is 12.6. The second kappa shape index (κ2) is 8.96. The summed E-state index contributed by atoms with van der Waals surface area (Å²) in [5.41, 5.74) is 2.60. The van der Waals surface area contributed by atoms with Crippen LogP contribution in [0.3, 0.4) is 0 Å². The molecule has 0 aliphatic heterocycles. The van der Waals surface area contributed by atoms with Crippen molar-refractivity contribution in [1.82, 2.24) is 30.2 Å². The highest BCUT2D eigenvalue weighted by molar-refractivity contribution is 6.01. The number of aromatic amines is 1. The minimum Gasteiger partial charge on any atom is -0.355 e. The molecule has 3 heterocycles. The van der Waals surface area contributed by atoms with Gasteiger partial charge < -0.3 is 20.2 Å². The zero-order chi connectivity index (χ0) is 23.0. The number of aromatic nitrogens is 4. The molecule has 0 saturated heterocycles. The van der Waals surface area contributed by atoms with Crippen LogP contribution in [0.2, 0.25) is 0 Å². The number of alkyl halides is 3. The Balaban J connectivity index is 1.36. The Hall–Kier alpha value is -2.62. The number of hydrogen-bond acceptors (Lipinski definition) is 4. The summed E-state index contributed by atoms with van der Waals surface area (Å²) in [6.07, 6.45) is 5.98. The van der Waals surface area contributed by atoms with Gasteiger partial charge >= 0.3 is 6.18 Å². The molecule has 10 heteroatoms. The molecular formula is C23H29F3N6O. The van der Waals surface area contributed by atoms with Crippen molar-refractivity contribution in [2.24, 2.45) is 5.92 Å². The maximum absolute atomic E-state index is 12.6. The van der Waals surface area contributed by atoms with E-state index < -0.39 is 12.7 Å². The van der Waals surface area contributed by atoms with Crippen LogP contribution in [-0.2, 0) is 11.2 Å². The van der Waals surface area contributed by atoms with Crippen LogP contribution in [-0.4, -0.2) is 50.7 Å². The summed E-state index contributed by atoms with van der Waals surface area (Å²) in [4.78, 5) is 24.7. The number of nitrogens with one attached hydrogen (secondary N) is 3. The number of amides is 1. The zero-order valence-electron chi connectivity index (χ0n) is 18.4. The Labute approximate surface area is 189 Å². The van der Waals surface area contributed by atoms with Crippen LogP contribution in [0, 0.1) is 5.92 Å². The van der Waals surface area contributed by atoms with Gasteiger partial charge in [0, 0.05) is 42.6 Å². The van der Waals surface area contributed by atoms with Crippen molar-refractivity contribution in [2.75, 3.05) is 13.1 Å². The van der Waals surface area contributed by atoms with Gasteiger partial charge in [-0.25, -0.2) is 9.97 Å². The van der Waals surface area contributed by atoms with Gasteiger partial charge in [0.25, 0.3) is 0 Å². The largest absolute Gasteiger partial charge is 0.401 e. The molecule has 3 N–H and O–H groups in total. The third-order valence-corrected chi connectivity index (χ3v) is 7.08. The number of rotatable bonds is 7. The fourth-order valence-corrected chi connectivity index (χ4v) is 5.12. The Bertz CT molecular complexity index is 1120. The van der Waals surface area contributed by atoms with Crippen molar-refractivity contribution in [3.8, 4) is 0 Å². The first kappa shape index (κ1) is 22.2. The van der Waals surface area contributed by atoms with E-state index >= 15 is 0 Å². The van der Waals surface area contributed by atoms with Gasteiger partial charge in [0.15, 0.2) is 0 Å². The summed E-state index contributed by atoms with van der Waals surface area (Å²) in [5, 5.41) is 6.70. The maximum Gasteiger partial charge on any atom is 0.401 e. The SMILES string of the molecule is O=C(NCCc1nc2cnc3[nH]ccc3c2n1C1CCC(NCC(F)(F)F)CC1)C1CCC1. The number of H-pyrrole nitrogens is 1. The number of imidazole rings is 1. The summed E-state index contributed by atoms with van der Waals surface area (Å²) < 4.78 is 40.0. The zero-order valence-corrected chi connectivity index (χ0v) is 18.4. The summed E-state index contributed by atoms with van der Waals surface area (Å²) in [6, 6.07) is 2.01. The van der Waals surface area contributed by atoms with Gasteiger partial charge in [-0.1, -0.05) is 6.42 Å². The first-order chi connectivity index (χ1) is 15.9. The van der Waals surface area contributed by atoms with Gasteiger partial charge in [-0.15, -0.1) is 0 Å². The number of carbonyl (C=O) groups excluding carboxylic acids is 1. The number of nitrogens with zero attached hydrogens (tertiary/aromatic N) is 3. The molecule has 0 radical (unpaired) electrons. The number of pyridine rings is 1. The molecule has 3 aromatic rings. The number of halogens is 3. The summed E-state index contributed by atoms with van der Waals surface area (Å²) >= 11 is 0. The van der Waals surface area contributed by atoms with Crippen molar-refractivity contribution >= 4 is 28.0 Å². The topological polar surface area (TPSA) is 87.6 Å². The minimum atomic E-state index is -4.19. The molecule has 1 amide bonds. The van der Waals surface area contributed by atoms with E-state index in [2.05, 4.69) is 25.2 Å². The molecule has 0 spiro atoms. The van der Waals surface area contributed by atoms with Gasteiger partial charge in [0.2, 0.25) is 5.91 Å². The molecule has 0 bridgehead atoms. The molecule has 7 nitrogen and oxygen atoms in total. The van der Waals surface area contributed by atoms with Crippen molar-refractivity contribution in [3.63, 3.8) is 0 Å². The van der Waals surface area contributed by atoms with Gasteiger partial charge in [-0.2, -0.15) is 13.2 Å². The van der Waals surface area contributed by atoms with Gasteiger partial charge in [-0.05, 0) is 44.6 Å². The lowest BCUT2D eigenvalue weighted by molar-refractivity contribution is -0.127. The second-order valence-corrected chi connectivity index (χ2v) is 9.30. The van der Waals surface area contributed by atoms with Crippen LogP contribution < -0.4 is 10.6 Å². The molecule has 2 saturated carbocycles. The molecule has 3 aromatic heterocycles. The summed E-state index contributed by atoms with van der Waals surface area (Å²) in [5.74, 6) is 1.16. The number of fused-ring (bicyclic) bond motifs is 3. The smallest absolute Gasteiger partial charge is 0.355 e. The quantitative estimate of drug-likeness (QED) is 0.495. The van der Waals surface area contributed by atoms with Crippen molar-refractivity contribution in [2.45, 2.75) is 69.6 Å². The van der Waals surface area contributed by atoms with E-state index in [9.17, 15) is 18.0 Å². The standard InChI is InChI=1S/C23H29F3N6O/c24-23(25,26)13-30-15-4-6-16(7-5-15)32-19(9-11-28-22(33)14-2-1-3-14)31-18-12-29-21-17(20(18)32)8-10-27-21/h8,10,12,14-16,30H,1-7,9,11,13H2,(H,27,29)(H,28,33). The van der Waals surface area contributed by atoms with Gasteiger partial charge in [0.05, 0.1) is 18.3 Å². The lowest BCUT2D eigenvalue weighted by atomic mass is 9.85. The molecule has 2 fully saturated rings. The molecule has 5 rings (SSSR count). The van der Waals surface area contributed by atoms with Crippen LogP contribution in [0.1, 0.15) is 56.8 Å². The van der Waals surface area contributed by atoms with Crippen LogP contribution in [0.25, 0.3) is 22.1 Å². The molecule has 0 atom stereocenters. The lowest BCUT2D eigenvalue weighted by Gasteiger charge is -2.31. The molecule has 0 unspecified atom stereocenters. The van der Waals surface area contributed by atoms with Crippen LogP contribution >= 0.6 is 0 Å². The molecule has 33 heavy (non-hydrogen) atoms. The molecular weight excluding hydrogens is 433 g/mol. The average Bonchev–Trinajstić information content (AvgIpc) is 3.35. The van der Waals surface area contributed by atoms with Gasteiger partial charge in [-0.3, -0.25) is 4.79 Å². The van der Waals surface area contributed by atoms with E-state index in [0.717, 1.165) is 60.0 Å². The molecule has 2 aliphatic rings. The van der Waals surface area contributed by atoms with E-state index in [1.54, 1.807) is 6.20 Å². The predicted octanol–water partition coefficient (Wildman–Crippen LogP) is 4.01. The Morgan fingerprint density at radius 3 is 2.67 bits per heavy atom. The Kier molecular flexibility index (Phi) is 6.03. The van der Waals surface area contributed by atoms with Crippen molar-refractivity contribution < 1.29 is 18.0 Å². The third-order valence-electron chi connectivity index (χ3n) is 7.08. The highest BCUT2D eigenvalue weighted by Gasteiger charge is 2.31. The first-order valence-electron chi connectivity index (χ1n) is 11.8. The third kappa shape index (κ3) is 4.71. The predicted molar refractivity (Wildman–Crippen MR) is 119 cm³/mol. The lowest BCUT2D eigenvalue weighted by Crippen LogP contribution is -2.39. The first-order valence-corrected chi connectivity index (χ1v) is 11.8. The molecule has 178 valence electrons. The molecule has 2 aliphatic carbocycles. The van der Waals surface area contributed by atoms with E-state index in [1.807, 2.05) is 12.3 Å². The van der Waals surface area contributed by atoms with E-state index in [-0.39, 0.29) is 23.9 Å².